The smallest absolute Gasteiger partial charge is 0.205 e. The molecule has 1 aromatic heterocycles. The fraction of sp³-hybridized carbons (Fsp3) is 0.526. The zero-order valence-corrected chi connectivity index (χ0v) is 17.5. The van der Waals surface area contributed by atoms with Gasteiger partial charge in [0.25, 0.3) is 0 Å². The Hall–Kier alpha value is -2.55. The molecule has 0 saturated carbocycles. The van der Waals surface area contributed by atoms with Gasteiger partial charge in [-0.15, -0.1) is 0 Å². The SMILES string of the molecule is CCNC(=NCc1ccc(OC)c(O)c1)N1CCN(c2nc(CC)ns2)CC1. The molecule has 3 rings (SSSR count). The largest absolute Gasteiger partial charge is 0.504 e. The zero-order valence-electron chi connectivity index (χ0n) is 16.7. The molecule has 0 bridgehead atoms. The molecule has 1 aliphatic heterocycles. The first-order chi connectivity index (χ1) is 13.6. The molecule has 0 spiro atoms. The number of benzene rings is 1. The lowest BCUT2D eigenvalue weighted by atomic mass is 10.2. The number of aromatic hydroxyl groups is 1. The molecule has 0 unspecified atom stereocenters. The average Bonchev–Trinajstić information content (AvgIpc) is 3.21. The molecule has 152 valence electrons. The first kappa shape index (κ1) is 20.2. The van der Waals surface area contributed by atoms with Crippen LogP contribution in [0.15, 0.2) is 23.2 Å². The highest BCUT2D eigenvalue weighted by Crippen LogP contribution is 2.26. The van der Waals surface area contributed by atoms with Gasteiger partial charge in [0.1, 0.15) is 5.82 Å². The average molecular weight is 405 g/mol. The van der Waals surface area contributed by atoms with Crippen LogP contribution in [-0.4, -0.2) is 65.2 Å². The van der Waals surface area contributed by atoms with Crippen LogP contribution in [0.4, 0.5) is 5.13 Å². The number of aromatic nitrogens is 2. The van der Waals surface area contributed by atoms with Gasteiger partial charge in [-0.05, 0) is 24.6 Å². The number of aliphatic imine (C=N–C) groups is 1. The highest BCUT2D eigenvalue weighted by Gasteiger charge is 2.22. The van der Waals surface area contributed by atoms with Crippen molar-refractivity contribution in [3.63, 3.8) is 0 Å². The Morgan fingerprint density at radius 2 is 2.07 bits per heavy atom. The fourth-order valence-corrected chi connectivity index (χ4v) is 3.85. The number of ether oxygens (including phenoxy) is 1. The van der Waals surface area contributed by atoms with E-state index in [0.717, 1.165) is 61.6 Å². The molecule has 2 N–H and O–H groups in total. The van der Waals surface area contributed by atoms with Crippen molar-refractivity contribution in [3.8, 4) is 11.5 Å². The minimum Gasteiger partial charge on any atom is -0.504 e. The number of piperazine rings is 1. The van der Waals surface area contributed by atoms with Crippen LogP contribution in [0.2, 0.25) is 0 Å². The lowest BCUT2D eigenvalue weighted by Crippen LogP contribution is -2.52. The van der Waals surface area contributed by atoms with Crippen LogP contribution < -0.4 is 15.0 Å². The van der Waals surface area contributed by atoms with Gasteiger partial charge in [-0.3, -0.25) is 0 Å². The normalized spacial score (nSPS) is 15.0. The van der Waals surface area contributed by atoms with E-state index in [-0.39, 0.29) is 5.75 Å². The molecule has 2 heterocycles. The fourth-order valence-electron chi connectivity index (χ4n) is 3.05. The second kappa shape index (κ2) is 9.59. The molecule has 0 aliphatic carbocycles. The quantitative estimate of drug-likeness (QED) is 0.563. The first-order valence-electron chi connectivity index (χ1n) is 9.61. The van der Waals surface area contributed by atoms with E-state index < -0.39 is 0 Å². The van der Waals surface area contributed by atoms with Crippen molar-refractivity contribution in [2.45, 2.75) is 26.8 Å². The molecule has 1 saturated heterocycles. The Morgan fingerprint density at radius 1 is 1.29 bits per heavy atom. The summed E-state index contributed by atoms with van der Waals surface area (Å²) in [5.74, 6) is 2.42. The zero-order chi connectivity index (χ0) is 19.9. The topological polar surface area (TPSA) is 86.1 Å². The van der Waals surface area contributed by atoms with E-state index in [1.54, 1.807) is 19.2 Å². The monoisotopic (exact) mass is 404 g/mol. The van der Waals surface area contributed by atoms with Gasteiger partial charge in [0.15, 0.2) is 17.5 Å². The number of hydrogen-bond donors (Lipinski definition) is 2. The number of nitrogens with one attached hydrogen (secondary N) is 1. The molecule has 2 aromatic rings. The van der Waals surface area contributed by atoms with Gasteiger partial charge in [0.05, 0.1) is 13.7 Å². The number of anilines is 1. The molecular weight excluding hydrogens is 376 g/mol. The maximum absolute atomic E-state index is 9.95. The van der Waals surface area contributed by atoms with E-state index in [4.69, 9.17) is 9.73 Å². The van der Waals surface area contributed by atoms with Crippen LogP contribution >= 0.6 is 11.5 Å². The van der Waals surface area contributed by atoms with E-state index in [2.05, 4.69) is 38.3 Å². The summed E-state index contributed by atoms with van der Waals surface area (Å²) in [5, 5.41) is 14.3. The third-order valence-electron chi connectivity index (χ3n) is 4.61. The Morgan fingerprint density at radius 3 is 2.68 bits per heavy atom. The lowest BCUT2D eigenvalue weighted by Gasteiger charge is -2.36. The second-order valence-electron chi connectivity index (χ2n) is 6.50. The molecule has 0 radical (unpaired) electrons. The van der Waals surface area contributed by atoms with E-state index >= 15 is 0 Å². The number of hydrogen-bond acceptors (Lipinski definition) is 7. The Labute approximate surface area is 170 Å². The summed E-state index contributed by atoms with van der Waals surface area (Å²) in [5.41, 5.74) is 0.938. The summed E-state index contributed by atoms with van der Waals surface area (Å²) in [6.07, 6.45) is 0.870. The second-order valence-corrected chi connectivity index (χ2v) is 7.23. The molecule has 0 amide bonds. The van der Waals surface area contributed by atoms with Gasteiger partial charge < -0.3 is 25.0 Å². The van der Waals surface area contributed by atoms with Crippen molar-refractivity contribution in [2.75, 3.05) is 44.7 Å². The number of phenolic OH excluding ortho intramolecular Hbond substituents is 1. The van der Waals surface area contributed by atoms with E-state index in [1.807, 2.05) is 6.07 Å². The maximum Gasteiger partial charge on any atom is 0.205 e. The van der Waals surface area contributed by atoms with Crippen molar-refractivity contribution < 1.29 is 9.84 Å². The van der Waals surface area contributed by atoms with Crippen LogP contribution in [-0.2, 0) is 13.0 Å². The van der Waals surface area contributed by atoms with E-state index in [1.165, 1.54) is 11.5 Å². The highest BCUT2D eigenvalue weighted by molar-refractivity contribution is 7.09. The predicted molar refractivity (Wildman–Crippen MR) is 113 cm³/mol. The van der Waals surface area contributed by atoms with Gasteiger partial charge in [-0.1, -0.05) is 13.0 Å². The molecule has 0 atom stereocenters. The number of rotatable bonds is 6. The van der Waals surface area contributed by atoms with Gasteiger partial charge in [0.2, 0.25) is 5.13 Å². The van der Waals surface area contributed by atoms with Gasteiger partial charge in [-0.2, -0.15) is 4.37 Å². The van der Waals surface area contributed by atoms with Gasteiger partial charge in [0, 0.05) is 50.7 Å². The minimum atomic E-state index is 0.136. The number of guanidine groups is 1. The predicted octanol–water partition coefficient (Wildman–Crippen LogP) is 2.10. The Bertz CT molecular complexity index is 801. The van der Waals surface area contributed by atoms with E-state index in [0.29, 0.717) is 12.3 Å². The van der Waals surface area contributed by atoms with Gasteiger partial charge >= 0.3 is 0 Å². The molecule has 1 fully saturated rings. The first-order valence-corrected chi connectivity index (χ1v) is 10.4. The molecule has 9 heteroatoms. The third kappa shape index (κ3) is 4.83. The number of nitrogens with zero attached hydrogens (tertiary/aromatic N) is 5. The molecular formula is C19H28N6O2S. The lowest BCUT2D eigenvalue weighted by molar-refractivity contribution is 0.371. The third-order valence-corrected chi connectivity index (χ3v) is 5.43. The van der Waals surface area contributed by atoms with Crippen molar-refractivity contribution in [3.05, 3.63) is 29.6 Å². The standard InChI is InChI=1S/C19H28N6O2S/c1-4-17-22-19(28-23-17)25-10-8-24(9-11-25)18(20-5-2)21-13-14-6-7-16(27-3)15(26)12-14/h6-7,12,26H,4-5,8-11,13H2,1-3H3,(H,20,21). The molecule has 1 aliphatic rings. The van der Waals surface area contributed by atoms with Crippen LogP contribution in [0.1, 0.15) is 25.2 Å². The highest BCUT2D eigenvalue weighted by atomic mass is 32.1. The van der Waals surface area contributed by atoms with Crippen molar-refractivity contribution in [1.82, 2.24) is 19.6 Å². The minimum absolute atomic E-state index is 0.136. The Balaban J connectivity index is 1.62. The van der Waals surface area contributed by atoms with Gasteiger partial charge in [-0.25, -0.2) is 9.98 Å². The summed E-state index contributed by atoms with van der Waals surface area (Å²) in [6, 6.07) is 5.38. The van der Waals surface area contributed by atoms with Crippen LogP contribution in [0.5, 0.6) is 11.5 Å². The van der Waals surface area contributed by atoms with Crippen molar-refractivity contribution >= 4 is 22.6 Å². The molecule has 1 aromatic carbocycles. The van der Waals surface area contributed by atoms with Crippen LogP contribution in [0.25, 0.3) is 0 Å². The Kier molecular flexibility index (Phi) is 6.91. The van der Waals surface area contributed by atoms with Crippen molar-refractivity contribution in [2.24, 2.45) is 4.99 Å². The number of aryl methyl sites for hydroxylation is 1. The molecule has 28 heavy (non-hydrogen) atoms. The summed E-state index contributed by atoms with van der Waals surface area (Å²) in [4.78, 5) is 13.9. The van der Waals surface area contributed by atoms with Crippen LogP contribution in [0.3, 0.4) is 0 Å². The van der Waals surface area contributed by atoms with Crippen LogP contribution in [0, 0.1) is 0 Å². The number of phenols is 1. The summed E-state index contributed by atoms with van der Waals surface area (Å²) in [7, 11) is 1.54. The van der Waals surface area contributed by atoms with E-state index in [9.17, 15) is 5.11 Å². The van der Waals surface area contributed by atoms with Crippen molar-refractivity contribution in [1.29, 1.82) is 0 Å². The number of methoxy groups -OCH3 is 1. The summed E-state index contributed by atoms with van der Waals surface area (Å²) >= 11 is 1.48. The maximum atomic E-state index is 9.95. The summed E-state index contributed by atoms with van der Waals surface area (Å²) in [6.45, 7) is 8.99. The summed E-state index contributed by atoms with van der Waals surface area (Å²) < 4.78 is 9.48. The molecule has 8 nitrogen and oxygen atoms in total.